The Morgan fingerprint density at radius 2 is 1.72 bits per heavy atom. The molecule has 0 radical (unpaired) electrons. The smallest absolute Gasteiger partial charge is 0.243 e. The standard InChI is InChI=1S/C20H25FN2O2/c1-12-2-3-17(16(21)4-12)23-18(24)11-22-19(25)20-8-13-5-14(9-20)7-15(6-13)10-20/h2-4,13-15H,5-11H2,1H3,(H,22,25)(H,23,24). The lowest BCUT2D eigenvalue weighted by atomic mass is 9.49. The highest BCUT2D eigenvalue weighted by Crippen LogP contribution is 2.60. The molecule has 4 bridgehead atoms. The van der Waals surface area contributed by atoms with Crippen molar-refractivity contribution in [3.8, 4) is 0 Å². The molecule has 5 rings (SSSR count). The lowest BCUT2D eigenvalue weighted by Crippen LogP contribution is -2.54. The number of carbonyl (C=O) groups excluding carboxylic acids is 2. The van der Waals surface area contributed by atoms with Crippen LogP contribution in [0.25, 0.3) is 0 Å². The molecule has 2 amide bonds. The Hall–Kier alpha value is -1.91. The maximum Gasteiger partial charge on any atom is 0.243 e. The second-order valence-corrected chi connectivity index (χ2v) is 8.41. The minimum absolute atomic E-state index is 0.0196. The van der Waals surface area contributed by atoms with Crippen molar-refractivity contribution in [3.05, 3.63) is 29.6 Å². The molecule has 4 fully saturated rings. The van der Waals surface area contributed by atoms with Gasteiger partial charge in [-0.3, -0.25) is 9.59 Å². The third-order valence-electron chi connectivity index (χ3n) is 6.33. The Balaban J connectivity index is 1.35. The highest BCUT2D eigenvalue weighted by molar-refractivity contribution is 5.95. The van der Waals surface area contributed by atoms with E-state index in [1.165, 1.54) is 25.3 Å². The van der Waals surface area contributed by atoms with Crippen molar-refractivity contribution < 1.29 is 14.0 Å². The molecule has 0 atom stereocenters. The summed E-state index contributed by atoms with van der Waals surface area (Å²) in [4.78, 5) is 24.9. The number of carbonyl (C=O) groups is 2. The fraction of sp³-hybridized carbons (Fsp3) is 0.600. The molecule has 0 aromatic heterocycles. The lowest BCUT2D eigenvalue weighted by Gasteiger charge is -2.55. The fourth-order valence-corrected chi connectivity index (χ4v) is 5.65. The van der Waals surface area contributed by atoms with Crippen molar-refractivity contribution in [1.82, 2.24) is 5.32 Å². The molecule has 1 aromatic rings. The number of nitrogens with one attached hydrogen (secondary N) is 2. The molecule has 0 spiro atoms. The summed E-state index contributed by atoms with van der Waals surface area (Å²) >= 11 is 0. The zero-order valence-corrected chi connectivity index (χ0v) is 14.6. The van der Waals surface area contributed by atoms with Crippen LogP contribution in [0.3, 0.4) is 0 Å². The SMILES string of the molecule is Cc1ccc(NC(=O)CNC(=O)C23CC4CC(CC(C4)C2)C3)c(F)c1. The van der Waals surface area contributed by atoms with E-state index in [9.17, 15) is 14.0 Å². The molecule has 0 aliphatic heterocycles. The maximum absolute atomic E-state index is 13.8. The first-order chi connectivity index (χ1) is 11.9. The summed E-state index contributed by atoms with van der Waals surface area (Å²) in [6.07, 6.45) is 6.75. The van der Waals surface area contributed by atoms with Gasteiger partial charge < -0.3 is 10.6 Å². The van der Waals surface area contributed by atoms with Crippen molar-refractivity contribution in [1.29, 1.82) is 0 Å². The predicted octanol–water partition coefficient (Wildman–Crippen LogP) is 3.41. The Morgan fingerprint density at radius 3 is 2.28 bits per heavy atom. The van der Waals surface area contributed by atoms with Crippen molar-refractivity contribution >= 4 is 17.5 Å². The van der Waals surface area contributed by atoms with E-state index >= 15 is 0 Å². The second-order valence-electron chi connectivity index (χ2n) is 8.41. The summed E-state index contributed by atoms with van der Waals surface area (Å²) in [6, 6.07) is 4.67. The van der Waals surface area contributed by atoms with Crippen LogP contribution in [0.15, 0.2) is 18.2 Å². The van der Waals surface area contributed by atoms with E-state index in [4.69, 9.17) is 0 Å². The van der Waals surface area contributed by atoms with Gasteiger partial charge in [-0.2, -0.15) is 0 Å². The molecular weight excluding hydrogens is 319 g/mol. The zero-order valence-electron chi connectivity index (χ0n) is 14.6. The third-order valence-corrected chi connectivity index (χ3v) is 6.33. The van der Waals surface area contributed by atoms with Crippen molar-refractivity contribution in [2.45, 2.75) is 45.4 Å². The highest BCUT2D eigenvalue weighted by Gasteiger charge is 2.54. The summed E-state index contributed by atoms with van der Waals surface area (Å²) < 4.78 is 13.8. The summed E-state index contributed by atoms with van der Waals surface area (Å²) in [5, 5.41) is 5.36. The van der Waals surface area contributed by atoms with Crippen molar-refractivity contribution in [2.24, 2.45) is 23.2 Å². The molecule has 4 saturated carbocycles. The van der Waals surface area contributed by atoms with Crippen LogP contribution in [0, 0.1) is 35.9 Å². The zero-order chi connectivity index (χ0) is 17.6. The molecule has 5 heteroatoms. The Bertz CT molecular complexity index is 680. The van der Waals surface area contributed by atoms with E-state index in [0.717, 1.165) is 24.8 Å². The van der Waals surface area contributed by atoms with Crippen molar-refractivity contribution in [2.75, 3.05) is 11.9 Å². The van der Waals surface area contributed by atoms with E-state index in [2.05, 4.69) is 10.6 Å². The van der Waals surface area contributed by atoms with Crippen LogP contribution in [0.5, 0.6) is 0 Å². The van der Waals surface area contributed by atoms with E-state index in [-0.39, 0.29) is 29.5 Å². The number of hydrogen-bond acceptors (Lipinski definition) is 2. The summed E-state index contributed by atoms with van der Waals surface area (Å²) in [7, 11) is 0. The molecule has 2 N–H and O–H groups in total. The first-order valence-electron chi connectivity index (χ1n) is 9.28. The molecular formula is C20H25FN2O2. The van der Waals surface area contributed by atoms with Gasteiger partial charge in [-0.15, -0.1) is 0 Å². The molecule has 0 heterocycles. The van der Waals surface area contributed by atoms with Gasteiger partial charge in [0.05, 0.1) is 12.2 Å². The van der Waals surface area contributed by atoms with Gasteiger partial charge in [0, 0.05) is 5.41 Å². The van der Waals surface area contributed by atoms with Gasteiger partial charge in [-0.25, -0.2) is 4.39 Å². The van der Waals surface area contributed by atoms with E-state index < -0.39 is 5.82 Å². The van der Waals surface area contributed by atoms with E-state index in [0.29, 0.717) is 17.8 Å². The number of amides is 2. The van der Waals surface area contributed by atoms with Gasteiger partial charge in [0.15, 0.2) is 0 Å². The van der Waals surface area contributed by atoms with Crippen LogP contribution in [0.1, 0.15) is 44.1 Å². The molecule has 1 aromatic carbocycles. The first kappa shape index (κ1) is 16.6. The Kier molecular flexibility index (Phi) is 4.05. The van der Waals surface area contributed by atoms with Crippen LogP contribution >= 0.6 is 0 Å². The minimum Gasteiger partial charge on any atom is -0.347 e. The number of hydrogen-bond donors (Lipinski definition) is 2. The summed E-state index contributed by atoms with van der Waals surface area (Å²) in [5.74, 6) is 1.24. The molecule has 0 unspecified atom stereocenters. The number of aryl methyl sites for hydroxylation is 1. The molecule has 25 heavy (non-hydrogen) atoms. The lowest BCUT2D eigenvalue weighted by molar-refractivity contribution is -0.146. The van der Waals surface area contributed by atoms with Crippen LogP contribution < -0.4 is 10.6 Å². The van der Waals surface area contributed by atoms with Crippen molar-refractivity contribution in [3.63, 3.8) is 0 Å². The third kappa shape index (κ3) is 3.16. The first-order valence-corrected chi connectivity index (χ1v) is 9.28. The average Bonchev–Trinajstić information content (AvgIpc) is 2.54. The van der Waals surface area contributed by atoms with E-state index in [1.54, 1.807) is 19.1 Å². The van der Waals surface area contributed by atoms with Crippen LogP contribution in [0.2, 0.25) is 0 Å². The molecule has 4 aliphatic carbocycles. The van der Waals surface area contributed by atoms with Crippen LogP contribution in [-0.2, 0) is 9.59 Å². The molecule has 0 saturated heterocycles. The minimum atomic E-state index is -0.458. The maximum atomic E-state index is 13.8. The highest BCUT2D eigenvalue weighted by atomic mass is 19.1. The predicted molar refractivity (Wildman–Crippen MR) is 93.4 cm³/mol. The monoisotopic (exact) mass is 344 g/mol. The average molecular weight is 344 g/mol. The van der Waals surface area contributed by atoms with Gasteiger partial charge in [0.25, 0.3) is 0 Å². The largest absolute Gasteiger partial charge is 0.347 e. The fourth-order valence-electron chi connectivity index (χ4n) is 5.65. The summed E-state index contributed by atoms with van der Waals surface area (Å²) in [6.45, 7) is 1.69. The van der Waals surface area contributed by atoms with E-state index in [1.807, 2.05) is 0 Å². The Morgan fingerprint density at radius 1 is 1.12 bits per heavy atom. The molecule has 134 valence electrons. The van der Waals surface area contributed by atoms with Crippen LogP contribution in [-0.4, -0.2) is 18.4 Å². The number of anilines is 1. The quantitative estimate of drug-likeness (QED) is 0.879. The second kappa shape index (κ2) is 6.11. The number of rotatable bonds is 4. The van der Waals surface area contributed by atoms with Gasteiger partial charge >= 0.3 is 0 Å². The van der Waals surface area contributed by atoms with Gasteiger partial charge in [0.1, 0.15) is 5.82 Å². The number of benzene rings is 1. The Labute approximate surface area is 147 Å². The van der Waals surface area contributed by atoms with Gasteiger partial charge in [-0.05, 0) is 80.9 Å². The topological polar surface area (TPSA) is 58.2 Å². The molecule has 4 nitrogen and oxygen atoms in total. The van der Waals surface area contributed by atoms with Crippen LogP contribution in [0.4, 0.5) is 10.1 Å². The number of halogens is 1. The molecule has 4 aliphatic rings. The summed E-state index contributed by atoms with van der Waals surface area (Å²) in [5.41, 5.74) is 0.690. The van der Waals surface area contributed by atoms with Gasteiger partial charge in [-0.1, -0.05) is 6.07 Å². The normalized spacial score (nSPS) is 32.5. The van der Waals surface area contributed by atoms with Gasteiger partial charge in [0.2, 0.25) is 11.8 Å².